The molecule has 0 aliphatic rings. The predicted molar refractivity (Wildman–Crippen MR) is 110 cm³/mol. The zero-order chi connectivity index (χ0) is 20.7. The van der Waals surface area contributed by atoms with Crippen molar-refractivity contribution in [3.8, 4) is 0 Å². The monoisotopic (exact) mass is 389 g/mol. The summed E-state index contributed by atoms with van der Waals surface area (Å²) in [6.07, 6.45) is 0. The summed E-state index contributed by atoms with van der Waals surface area (Å²) in [5.74, 6) is -1.10. The Bertz CT molecular complexity index is 1350. The number of carbonyl (C=O) groups is 2. The van der Waals surface area contributed by atoms with Gasteiger partial charge in [0.2, 0.25) is 0 Å². The number of amides is 2. The normalized spacial score (nSPS) is 11.0. The van der Waals surface area contributed by atoms with Crippen LogP contribution in [0.3, 0.4) is 0 Å². The van der Waals surface area contributed by atoms with E-state index in [1.807, 2.05) is 26.0 Å². The summed E-state index contributed by atoms with van der Waals surface area (Å²) in [7, 11) is 1.47. The first-order valence-electron chi connectivity index (χ1n) is 9.02. The third-order valence-corrected chi connectivity index (χ3v) is 4.79. The van der Waals surface area contributed by atoms with Gasteiger partial charge in [0.15, 0.2) is 5.69 Å². The number of aromatic amines is 1. The van der Waals surface area contributed by atoms with Gasteiger partial charge in [0.25, 0.3) is 17.4 Å². The van der Waals surface area contributed by atoms with Gasteiger partial charge in [-0.1, -0.05) is 24.3 Å². The summed E-state index contributed by atoms with van der Waals surface area (Å²) in [4.78, 5) is 40.4. The number of hydrogen-bond donors (Lipinski definition) is 3. The van der Waals surface area contributed by atoms with Crippen LogP contribution in [0.15, 0.2) is 47.3 Å². The molecule has 29 heavy (non-hydrogen) atoms. The van der Waals surface area contributed by atoms with Crippen molar-refractivity contribution in [2.24, 2.45) is 7.05 Å². The van der Waals surface area contributed by atoms with Crippen molar-refractivity contribution >= 4 is 33.5 Å². The Balaban J connectivity index is 1.58. The average molecular weight is 389 g/mol. The van der Waals surface area contributed by atoms with Crippen molar-refractivity contribution < 1.29 is 9.59 Å². The van der Waals surface area contributed by atoms with Crippen LogP contribution in [0.4, 0.5) is 0 Å². The minimum absolute atomic E-state index is 0.0473. The molecule has 0 unspecified atom stereocenters. The predicted octanol–water partition coefficient (Wildman–Crippen LogP) is 2.11. The molecule has 0 radical (unpaired) electrons. The van der Waals surface area contributed by atoms with Crippen LogP contribution in [0.5, 0.6) is 0 Å². The molecule has 8 nitrogen and oxygen atoms in total. The molecule has 0 saturated carbocycles. The van der Waals surface area contributed by atoms with Gasteiger partial charge in [-0.15, -0.1) is 0 Å². The standard InChI is InChI=1S/C21H19N5O3/c1-11-8-12(2)15-10-17(22-16(15)9-11)19(27)23-24-20(28)18-13-6-4-5-7-14(13)21(29)26(3)25-18/h4-10,22H,1-3H3,(H,23,27)(H,24,28). The molecule has 146 valence electrons. The van der Waals surface area contributed by atoms with E-state index >= 15 is 0 Å². The Morgan fingerprint density at radius 2 is 1.66 bits per heavy atom. The van der Waals surface area contributed by atoms with Crippen molar-refractivity contribution in [1.29, 1.82) is 0 Å². The van der Waals surface area contributed by atoms with Gasteiger partial charge in [-0.3, -0.25) is 25.2 Å². The fourth-order valence-electron chi connectivity index (χ4n) is 3.43. The molecule has 0 atom stereocenters. The maximum Gasteiger partial charge on any atom is 0.290 e. The molecule has 2 aromatic carbocycles. The van der Waals surface area contributed by atoms with Crippen molar-refractivity contribution in [3.63, 3.8) is 0 Å². The van der Waals surface area contributed by atoms with E-state index in [1.54, 1.807) is 30.3 Å². The summed E-state index contributed by atoms with van der Waals surface area (Å²) in [6.45, 7) is 3.96. The third kappa shape index (κ3) is 3.25. The van der Waals surface area contributed by atoms with Crippen LogP contribution in [-0.2, 0) is 7.05 Å². The lowest BCUT2D eigenvalue weighted by atomic mass is 10.1. The maximum atomic E-state index is 12.6. The van der Waals surface area contributed by atoms with Crippen LogP contribution >= 0.6 is 0 Å². The van der Waals surface area contributed by atoms with Crippen molar-refractivity contribution in [1.82, 2.24) is 25.6 Å². The molecule has 0 aliphatic heterocycles. The van der Waals surface area contributed by atoms with Crippen LogP contribution in [0.25, 0.3) is 21.7 Å². The zero-order valence-electron chi connectivity index (χ0n) is 16.2. The number of hydrogen-bond acceptors (Lipinski definition) is 4. The van der Waals surface area contributed by atoms with Crippen LogP contribution in [-0.4, -0.2) is 26.6 Å². The third-order valence-electron chi connectivity index (χ3n) is 4.79. The van der Waals surface area contributed by atoms with Crippen LogP contribution < -0.4 is 16.4 Å². The van der Waals surface area contributed by atoms with Gasteiger partial charge < -0.3 is 4.98 Å². The molecule has 3 N–H and O–H groups in total. The second kappa shape index (κ2) is 6.90. The molecule has 8 heteroatoms. The number of carbonyl (C=O) groups excluding carboxylic acids is 2. The second-order valence-corrected chi connectivity index (χ2v) is 6.96. The number of fused-ring (bicyclic) bond motifs is 2. The fraction of sp³-hybridized carbons (Fsp3) is 0.143. The summed E-state index contributed by atoms with van der Waals surface area (Å²) < 4.78 is 1.10. The van der Waals surface area contributed by atoms with E-state index in [-0.39, 0.29) is 11.3 Å². The maximum absolute atomic E-state index is 12.6. The Labute approximate surface area is 165 Å². The Morgan fingerprint density at radius 1 is 0.966 bits per heavy atom. The van der Waals surface area contributed by atoms with E-state index in [9.17, 15) is 14.4 Å². The molecule has 4 aromatic rings. The van der Waals surface area contributed by atoms with Crippen LogP contribution in [0.1, 0.15) is 32.1 Å². The number of H-pyrrole nitrogens is 1. The lowest BCUT2D eigenvalue weighted by Gasteiger charge is -2.09. The van der Waals surface area contributed by atoms with Crippen molar-refractivity contribution in [3.05, 3.63) is 75.3 Å². The molecule has 0 aliphatic carbocycles. The van der Waals surface area contributed by atoms with E-state index < -0.39 is 11.8 Å². The van der Waals surface area contributed by atoms with E-state index in [0.717, 1.165) is 26.7 Å². The molecular weight excluding hydrogens is 370 g/mol. The van der Waals surface area contributed by atoms with Crippen molar-refractivity contribution in [2.75, 3.05) is 0 Å². The number of aromatic nitrogens is 3. The molecule has 0 fully saturated rings. The number of hydrazine groups is 1. The summed E-state index contributed by atoms with van der Waals surface area (Å²) in [5, 5.41) is 5.78. The Morgan fingerprint density at radius 3 is 2.41 bits per heavy atom. The van der Waals surface area contributed by atoms with E-state index in [1.165, 1.54) is 7.05 Å². The first kappa shape index (κ1) is 18.4. The van der Waals surface area contributed by atoms with Crippen molar-refractivity contribution in [2.45, 2.75) is 13.8 Å². The molecular formula is C21H19N5O3. The molecule has 0 bridgehead atoms. The highest BCUT2D eigenvalue weighted by atomic mass is 16.2. The summed E-state index contributed by atoms with van der Waals surface area (Å²) >= 11 is 0. The highest BCUT2D eigenvalue weighted by Gasteiger charge is 2.17. The highest BCUT2D eigenvalue weighted by Crippen LogP contribution is 2.21. The first-order valence-corrected chi connectivity index (χ1v) is 9.02. The summed E-state index contributed by atoms with van der Waals surface area (Å²) in [6, 6.07) is 12.4. The van der Waals surface area contributed by atoms with E-state index in [4.69, 9.17) is 0 Å². The second-order valence-electron chi connectivity index (χ2n) is 6.96. The van der Waals surface area contributed by atoms with Gasteiger partial charge in [0.1, 0.15) is 5.69 Å². The number of benzene rings is 2. The highest BCUT2D eigenvalue weighted by molar-refractivity contribution is 6.06. The molecule has 4 rings (SSSR count). The molecule has 2 heterocycles. The number of nitrogens with zero attached hydrogens (tertiary/aromatic N) is 2. The minimum atomic E-state index is -0.617. The zero-order valence-corrected chi connectivity index (χ0v) is 16.2. The minimum Gasteiger partial charge on any atom is -0.350 e. The Kier molecular flexibility index (Phi) is 4.38. The van der Waals surface area contributed by atoms with Gasteiger partial charge >= 0.3 is 0 Å². The quantitative estimate of drug-likeness (QED) is 0.456. The topological polar surface area (TPSA) is 109 Å². The first-order chi connectivity index (χ1) is 13.8. The largest absolute Gasteiger partial charge is 0.350 e. The molecule has 0 saturated heterocycles. The SMILES string of the molecule is Cc1cc(C)c2cc(C(=O)NNC(=O)c3nn(C)c(=O)c4ccccc34)[nH]c2c1. The Hall–Kier alpha value is -3.94. The number of aryl methyl sites for hydroxylation is 3. The van der Waals surface area contributed by atoms with Crippen LogP contribution in [0.2, 0.25) is 0 Å². The number of rotatable bonds is 2. The average Bonchev–Trinajstić information content (AvgIpc) is 3.13. The van der Waals surface area contributed by atoms with Gasteiger partial charge in [0.05, 0.1) is 5.39 Å². The van der Waals surface area contributed by atoms with Gasteiger partial charge in [0, 0.05) is 23.3 Å². The van der Waals surface area contributed by atoms with Gasteiger partial charge in [-0.2, -0.15) is 5.10 Å². The molecule has 2 amide bonds. The smallest absolute Gasteiger partial charge is 0.290 e. The van der Waals surface area contributed by atoms with Crippen LogP contribution in [0, 0.1) is 13.8 Å². The van der Waals surface area contributed by atoms with E-state index in [0.29, 0.717) is 16.5 Å². The fourth-order valence-corrected chi connectivity index (χ4v) is 3.43. The summed E-state index contributed by atoms with van der Waals surface area (Å²) in [5.41, 5.74) is 7.83. The molecule has 2 aromatic heterocycles. The lowest BCUT2D eigenvalue weighted by molar-refractivity contribution is 0.0841. The van der Waals surface area contributed by atoms with Gasteiger partial charge in [-0.25, -0.2) is 4.68 Å². The lowest BCUT2D eigenvalue weighted by Crippen LogP contribution is -2.42. The number of nitrogens with one attached hydrogen (secondary N) is 3. The van der Waals surface area contributed by atoms with E-state index in [2.05, 4.69) is 20.9 Å². The molecule has 0 spiro atoms. The van der Waals surface area contributed by atoms with Gasteiger partial charge in [-0.05, 0) is 43.2 Å².